The Labute approximate surface area is 137 Å². The van der Waals surface area contributed by atoms with Crippen LogP contribution in [-0.2, 0) is 0 Å². The molecule has 0 saturated heterocycles. The van der Waals surface area contributed by atoms with Crippen LogP contribution in [-0.4, -0.2) is 20.1 Å². The van der Waals surface area contributed by atoms with E-state index in [1.54, 1.807) is 24.5 Å². The van der Waals surface area contributed by atoms with Crippen molar-refractivity contribution in [2.24, 2.45) is 0 Å². The quantitative estimate of drug-likeness (QED) is 0.467. The molecule has 0 aliphatic heterocycles. The molecule has 0 amide bonds. The van der Waals surface area contributed by atoms with Gasteiger partial charge in [0.25, 0.3) is 0 Å². The van der Waals surface area contributed by atoms with Gasteiger partial charge in [-0.15, -0.1) is 0 Å². The summed E-state index contributed by atoms with van der Waals surface area (Å²) in [6.45, 7) is 0. The van der Waals surface area contributed by atoms with Crippen molar-refractivity contribution in [1.29, 1.82) is 0 Å². The maximum Gasteiger partial charge on any atom is 2.00 e. The third-order valence-electron chi connectivity index (χ3n) is 3.19. The van der Waals surface area contributed by atoms with Crippen LogP contribution in [0.4, 0.5) is 0 Å². The van der Waals surface area contributed by atoms with E-state index in [1.165, 1.54) is 12.1 Å². The van der Waals surface area contributed by atoms with Crippen molar-refractivity contribution >= 4 is 31.9 Å². The zero-order chi connectivity index (χ0) is 15.4. The average Bonchev–Trinajstić information content (AvgIpc) is 2.57. The van der Waals surface area contributed by atoms with Gasteiger partial charge in [0, 0.05) is 12.4 Å². The molecule has 2 aromatic heterocycles. The number of nitrogens with zero attached hydrogens (tertiary/aromatic N) is 2. The van der Waals surface area contributed by atoms with Gasteiger partial charge in [0.2, 0.25) is 0 Å². The molecule has 0 saturated carbocycles. The first-order valence-electron chi connectivity index (χ1n) is 6.77. The second-order valence-corrected chi connectivity index (χ2v) is 4.66. The number of para-hydroxylation sites is 2. The van der Waals surface area contributed by atoms with E-state index >= 15 is 0 Å². The smallest absolute Gasteiger partial charge is 0.871 e. The van der Waals surface area contributed by atoms with E-state index in [9.17, 15) is 10.2 Å². The molecule has 0 fully saturated rings. The number of aromatic nitrogens is 2. The summed E-state index contributed by atoms with van der Waals surface area (Å²) in [5.41, 5.74) is 1.10. The molecule has 0 spiro atoms. The van der Waals surface area contributed by atoms with Crippen molar-refractivity contribution in [3.63, 3.8) is 0 Å². The van der Waals surface area contributed by atoms with E-state index < -0.39 is 0 Å². The predicted octanol–water partition coefficient (Wildman–Crippen LogP) is 2.24. The Morgan fingerprint density at radius 3 is 1.35 bits per heavy atom. The Balaban J connectivity index is 0.000000160. The Hall–Kier alpha value is -2.97. The summed E-state index contributed by atoms with van der Waals surface area (Å²) in [4.78, 5) is 7.94. The van der Waals surface area contributed by atoms with Gasteiger partial charge in [0.05, 0.1) is 11.0 Å². The van der Waals surface area contributed by atoms with E-state index in [2.05, 4.69) is 9.97 Å². The SMILES string of the molecule is [Be+2].[O-]c1cccc2cccnc12.[O-]c1cccc2cccnc12. The average molecular weight is 297 g/mol. The van der Waals surface area contributed by atoms with Crippen LogP contribution in [0.1, 0.15) is 0 Å². The molecule has 4 nitrogen and oxygen atoms in total. The number of fused-ring (bicyclic) bond motifs is 2. The molecule has 0 aliphatic rings. The van der Waals surface area contributed by atoms with Crippen LogP contribution in [0.2, 0.25) is 0 Å². The van der Waals surface area contributed by atoms with Crippen LogP contribution >= 0.6 is 0 Å². The van der Waals surface area contributed by atoms with Crippen LogP contribution in [0.5, 0.6) is 11.5 Å². The number of pyridine rings is 2. The largest absolute Gasteiger partial charge is 2.00 e. The van der Waals surface area contributed by atoms with E-state index in [1.807, 2.05) is 36.4 Å². The third-order valence-corrected chi connectivity index (χ3v) is 3.19. The van der Waals surface area contributed by atoms with Gasteiger partial charge in [-0.3, -0.25) is 9.97 Å². The van der Waals surface area contributed by atoms with Crippen molar-refractivity contribution in [3.8, 4) is 11.5 Å². The molecule has 0 aliphatic carbocycles. The third kappa shape index (κ3) is 3.62. The summed E-state index contributed by atoms with van der Waals surface area (Å²) in [7, 11) is 0. The molecular formula is C18H12BeN2O2. The zero-order valence-electron chi connectivity index (χ0n) is 12.3. The van der Waals surface area contributed by atoms with Gasteiger partial charge in [-0.05, 0) is 22.9 Å². The van der Waals surface area contributed by atoms with Crippen molar-refractivity contribution in [2.45, 2.75) is 0 Å². The second kappa shape index (κ2) is 7.34. The monoisotopic (exact) mass is 297 g/mol. The van der Waals surface area contributed by atoms with E-state index in [-0.39, 0.29) is 21.6 Å². The van der Waals surface area contributed by atoms with E-state index in [0.717, 1.165) is 10.8 Å². The number of rotatable bonds is 0. The molecule has 108 valence electrons. The van der Waals surface area contributed by atoms with Crippen LogP contribution in [0.15, 0.2) is 73.1 Å². The molecule has 2 aromatic carbocycles. The van der Waals surface area contributed by atoms with Gasteiger partial charge in [-0.1, -0.05) is 60.0 Å². The summed E-state index contributed by atoms with van der Waals surface area (Å²) in [6.07, 6.45) is 3.26. The van der Waals surface area contributed by atoms with Gasteiger partial charge in [0.1, 0.15) is 0 Å². The molecule has 0 unspecified atom stereocenters. The van der Waals surface area contributed by atoms with Crippen LogP contribution in [0.25, 0.3) is 21.8 Å². The number of hydrogen-bond acceptors (Lipinski definition) is 4. The topological polar surface area (TPSA) is 71.9 Å². The molecule has 4 rings (SSSR count). The molecule has 0 bridgehead atoms. The Morgan fingerprint density at radius 2 is 0.957 bits per heavy atom. The van der Waals surface area contributed by atoms with Gasteiger partial charge >= 0.3 is 10.1 Å². The fraction of sp³-hybridized carbons (Fsp3) is 0. The summed E-state index contributed by atoms with van der Waals surface area (Å²) in [6, 6.07) is 17.7. The Morgan fingerprint density at radius 1 is 0.565 bits per heavy atom. The normalized spacial score (nSPS) is 9.74. The Bertz CT molecular complexity index is 841. The fourth-order valence-electron chi connectivity index (χ4n) is 2.15. The molecule has 4 aromatic rings. The number of hydrogen-bond donors (Lipinski definition) is 0. The van der Waals surface area contributed by atoms with Gasteiger partial charge < -0.3 is 10.2 Å². The zero-order valence-corrected chi connectivity index (χ0v) is 12.3. The first-order valence-corrected chi connectivity index (χ1v) is 6.77. The van der Waals surface area contributed by atoms with Crippen LogP contribution in [0, 0.1) is 0 Å². The second-order valence-electron chi connectivity index (χ2n) is 4.66. The Kier molecular flexibility index (Phi) is 5.23. The van der Waals surface area contributed by atoms with Crippen LogP contribution < -0.4 is 10.2 Å². The molecule has 2 heterocycles. The summed E-state index contributed by atoms with van der Waals surface area (Å²) < 4.78 is 0. The maximum absolute atomic E-state index is 11.1. The summed E-state index contributed by atoms with van der Waals surface area (Å²) in [5, 5.41) is 24.0. The molecule has 5 heteroatoms. The predicted molar refractivity (Wildman–Crippen MR) is 88.1 cm³/mol. The standard InChI is InChI=1S/2C9H7NO.Be/c2*11-8-5-1-3-7-4-2-6-10-9(7)8;/h2*1-6,11H;/q;;+2/p-2. The van der Waals surface area contributed by atoms with E-state index in [0.29, 0.717) is 11.0 Å². The van der Waals surface area contributed by atoms with Crippen molar-refractivity contribution in [3.05, 3.63) is 73.1 Å². The fourth-order valence-corrected chi connectivity index (χ4v) is 2.15. The molecule has 0 atom stereocenters. The first-order chi connectivity index (χ1) is 10.8. The summed E-state index contributed by atoms with van der Waals surface area (Å²) >= 11 is 0. The van der Waals surface area contributed by atoms with Gasteiger partial charge in [-0.2, -0.15) is 0 Å². The summed E-state index contributed by atoms with van der Waals surface area (Å²) in [5.74, 6) is -0.0220. The molecular weight excluding hydrogens is 285 g/mol. The van der Waals surface area contributed by atoms with Crippen molar-refractivity contribution in [2.75, 3.05) is 0 Å². The first kappa shape index (κ1) is 16.4. The maximum atomic E-state index is 11.1. The minimum atomic E-state index is -0.0110. The molecule has 0 radical (unpaired) electrons. The van der Waals surface area contributed by atoms with E-state index in [4.69, 9.17) is 0 Å². The van der Waals surface area contributed by atoms with Crippen molar-refractivity contribution < 1.29 is 10.2 Å². The van der Waals surface area contributed by atoms with Gasteiger partial charge in [-0.25, -0.2) is 0 Å². The molecule has 0 N–H and O–H groups in total. The molecule has 23 heavy (non-hydrogen) atoms. The van der Waals surface area contributed by atoms with Crippen LogP contribution in [0.3, 0.4) is 0 Å². The minimum absolute atomic E-state index is 0. The van der Waals surface area contributed by atoms with Gasteiger partial charge in [0.15, 0.2) is 0 Å². The number of benzene rings is 2. The van der Waals surface area contributed by atoms with Crippen molar-refractivity contribution in [1.82, 2.24) is 9.97 Å². The minimum Gasteiger partial charge on any atom is -0.871 e.